The summed E-state index contributed by atoms with van der Waals surface area (Å²) in [5, 5.41) is 28.9. The molecule has 0 unspecified atom stereocenters. The van der Waals surface area contributed by atoms with E-state index in [1.165, 1.54) is 25.7 Å². The van der Waals surface area contributed by atoms with Crippen LogP contribution in [0.5, 0.6) is 0 Å². The smallest absolute Gasteiger partial charge is 0.359 e. The zero-order valence-corrected chi connectivity index (χ0v) is 15.1. The number of carboxylic acids is 3. The zero-order chi connectivity index (χ0) is 19.1. The van der Waals surface area contributed by atoms with Gasteiger partial charge in [-0.25, -0.2) is 9.59 Å². The molecule has 0 saturated heterocycles. The van der Waals surface area contributed by atoms with Gasteiger partial charge in [0, 0.05) is 6.42 Å². The summed E-state index contributed by atoms with van der Waals surface area (Å²) in [6.07, 6.45) is 12.3. The zero-order valence-electron chi connectivity index (χ0n) is 15.1. The molecule has 0 spiro atoms. The van der Waals surface area contributed by atoms with Crippen LogP contribution in [0.15, 0.2) is 12.2 Å². The monoisotopic (exact) mass is 357 g/mol. The van der Waals surface area contributed by atoms with Crippen LogP contribution in [0.2, 0.25) is 0 Å². The van der Waals surface area contributed by atoms with Crippen molar-refractivity contribution in [2.24, 2.45) is 0 Å². The Morgan fingerprint density at radius 3 is 1.84 bits per heavy atom. The average Bonchev–Trinajstić information content (AvgIpc) is 2.47. The third-order valence-electron chi connectivity index (χ3n) is 4.05. The molecule has 0 aromatic heterocycles. The molecule has 0 aliphatic rings. The molecule has 0 amide bonds. The Hall–Kier alpha value is -1.89. The molecule has 144 valence electrons. The first-order valence-corrected chi connectivity index (χ1v) is 8.95. The number of rotatable bonds is 16. The molecule has 7 nitrogen and oxygen atoms in total. The predicted molar refractivity (Wildman–Crippen MR) is 91.8 cm³/mol. The van der Waals surface area contributed by atoms with Crippen molar-refractivity contribution in [1.29, 1.82) is 0 Å². The summed E-state index contributed by atoms with van der Waals surface area (Å²) >= 11 is 0. The first kappa shape index (κ1) is 23.1. The summed E-state index contributed by atoms with van der Waals surface area (Å²) in [6.45, 7) is 0.656. The molecule has 0 aromatic rings. The second-order valence-corrected chi connectivity index (χ2v) is 6.52. The highest BCUT2D eigenvalue weighted by Crippen LogP contribution is 2.11. The van der Waals surface area contributed by atoms with Crippen LogP contribution in [0, 0.1) is 0 Å². The second kappa shape index (κ2) is 13.4. The van der Waals surface area contributed by atoms with E-state index in [0.29, 0.717) is 12.8 Å². The van der Waals surface area contributed by atoms with Crippen LogP contribution in [-0.4, -0.2) is 58.8 Å². The van der Waals surface area contributed by atoms with Crippen molar-refractivity contribution < 1.29 is 34.2 Å². The van der Waals surface area contributed by atoms with Crippen molar-refractivity contribution in [2.45, 2.75) is 58.3 Å². The molecule has 2 N–H and O–H groups in total. The van der Waals surface area contributed by atoms with Crippen LogP contribution in [0.25, 0.3) is 0 Å². The second-order valence-electron chi connectivity index (χ2n) is 6.52. The van der Waals surface area contributed by atoms with Crippen LogP contribution in [0.4, 0.5) is 0 Å². The van der Waals surface area contributed by atoms with E-state index in [4.69, 9.17) is 10.2 Å². The Bertz CT molecular complexity index is 406. The first-order chi connectivity index (χ1) is 11.8. The molecule has 0 heterocycles. The number of unbranched alkanes of at least 4 members (excludes halogenated alkanes) is 6. The minimum Gasteiger partial charge on any atom is -0.544 e. The normalized spacial score (nSPS) is 11.7. The number of carboxylic acid groups (broad SMARTS) is 3. The number of hydrogen-bond donors (Lipinski definition) is 2. The van der Waals surface area contributed by atoms with Crippen LogP contribution < -0.4 is 5.11 Å². The number of nitrogens with zero attached hydrogens (tertiary/aromatic N) is 1. The van der Waals surface area contributed by atoms with Crippen molar-refractivity contribution >= 4 is 17.9 Å². The van der Waals surface area contributed by atoms with E-state index in [9.17, 15) is 19.5 Å². The van der Waals surface area contributed by atoms with E-state index in [-0.39, 0.29) is 6.54 Å². The van der Waals surface area contributed by atoms with Crippen molar-refractivity contribution in [3.63, 3.8) is 0 Å². The van der Waals surface area contributed by atoms with Gasteiger partial charge in [0.25, 0.3) is 0 Å². The Labute approximate surface area is 149 Å². The number of allylic oxidation sites excluding steroid dienone is 2. The van der Waals surface area contributed by atoms with Gasteiger partial charge in [-0.1, -0.05) is 44.8 Å². The third-order valence-corrected chi connectivity index (χ3v) is 4.05. The molecule has 0 aliphatic carbocycles. The molecule has 0 fully saturated rings. The van der Waals surface area contributed by atoms with Crippen LogP contribution in [0.3, 0.4) is 0 Å². The van der Waals surface area contributed by atoms with Gasteiger partial charge in [-0.2, -0.15) is 0 Å². The average molecular weight is 357 g/mol. The number of hydrogen-bond acceptors (Lipinski definition) is 4. The quantitative estimate of drug-likeness (QED) is 0.245. The summed E-state index contributed by atoms with van der Waals surface area (Å²) in [7, 11) is 0. The summed E-state index contributed by atoms with van der Waals surface area (Å²) in [5.74, 6) is -3.87. The largest absolute Gasteiger partial charge is 0.544 e. The van der Waals surface area contributed by atoms with Crippen molar-refractivity contribution in [3.05, 3.63) is 12.2 Å². The minimum atomic E-state index is -1.44. The fourth-order valence-corrected chi connectivity index (χ4v) is 2.90. The van der Waals surface area contributed by atoms with Crippen molar-refractivity contribution in [3.8, 4) is 0 Å². The van der Waals surface area contributed by atoms with E-state index in [2.05, 4.69) is 13.0 Å². The van der Waals surface area contributed by atoms with Crippen LogP contribution in [0.1, 0.15) is 58.3 Å². The topological polar surface area (TPSA) is 115 Å². The molecule has 0 bridgehead atoms. The SMILES string of the molecule is CCCCCCC/C=C/CCC[N+](CC(=O)[O-])(CC(=O)O)CC(=O)O. The summed E-state index contributed by atoms with van der Waals surface area (Å²) in [5.41, 5.74) is 0. The van der Waals surface area contributed by atoms with Gasteiger partial charge >= 0.3 is 11.9 Å². The number of carbonyl (C=O) groups is 3. The highest BCUT2D eigenvalue weighted by Gasteiger charge is 2.33. The molecule has 7 heteroatoms. The lowest BCUT2D eigenvalue weighted by Crippen LogP contribution is -2.59. The molecular weight excluding hydrogens is 326 g/mol. The number of carbonyl (C=O) groups excluding carboxylic acids is 1. The lowest BCUT2D eigenvalue weighted by Gasteiger charge is -2.36. The highest BCUT2D eigenvalue weighted by molar-refractivity contribution is 5.72. The summed E-state index contributed by atoms with van der Waals surface area (Å²) in [6, 6.07) is 0. The van der Waals surface area contributed by atoms with Gasteiger partial charge in [0.05, 0.1) is 12.5 Å². The maximum atomic E-state index is 11.0. The molecule has 0 saturated carbocycles. The lowest BCUT2D eigenvalue weighted by atomic mass is 10.1. The number of aliphatic carboxylic acids is 3. The Morgan fingerprint density at radius 2 is 1.36 bits per heavy atom. The fourth-order valence-electron chi connectivity index (χ4n) is 2.90. The van der Waals surface area contributed by atoms with Gasteiger partial charge in [0.15, 0.2) is 13.1 Å². The Morgan fingerprint density at radius 1 is 0.840 bits per heavy atom. The first-order valence-electron chi connectivity index (χ1n) is 8.95. The van der Waals surface area contributed by atoms with Gasteiger partial charge in [-0.3, -0.25) is 0 Å². The summed E-state index contributed by atoms with van der Waals surface area (Å²) in [4.78, 5) is 33.0. The standard InChI is InChI=1S/C18H31NO6/c1-2-3-4-5-6-7-8-9-10-11-12-19(13-16(20)21,14-17(22)23)15-18(24)25/h8-9H,2-7,10-15H2,1H3,(H2-,20,21,22,23,24,25)/b9-8+. The maximum absolute atomic E-state index is 11.0. The third kappa shape index (κ3) is 13.1. The molecular formula is C18H31NO6. The fraction of sp³-hybridized carbons (Fsp3) is 0.722. The summed E-state index contributed by atoms with van der Waals surface area (Å²) < 4.78 is -0.530. The molecule has 0 radical (unpaired) electrons. The lowest BCUT2D eigenvalue weighted by molar-refractivity contribution is -0.909. The number of quaternary nitrogens is 1. The van der Waals surface area contributed by atoms with E-state index < -0.39 is 42.0 Å². The maximum Gasteiger partial charge on any atom is 0.359 e. The van der Waals surface area contributed by atoms with E-state index >= 15 is 0 Å². The Kier molecular flexibility index (Phi) is 12.4. The van der Waals surface area contributed by atoms with Gasteiger partial charge < -0.3 is 24.6 Å². The predicted octanol–water partition coefficient (Wildman–Crippen LogP) is 1.42. The van der Waals surface area contributed by atoms with Gasteiger partial charge in [0.2, 0.25) is 0 Å². The molecule has 0 aliphatic heterocycles. The van der Waals surface area contributed by atoms with E-state index in [1.54, 1.807) is 0 Å². The van der Waals surface area contributed by atoms with E-state index in [1.807, 2.05) is 6.08 Å². The minimum absolute atomic E-state index is 0.174. The van der Waals surface area contributed by atoms with Crippen LogP contribution >= 0.6 is 0 Å². The van der Waals surface area contributed by atoms with Gasteiger partial charge in [-0.05, 0) is 19.3 Å². The molecule has 25 heavy (non-hydrogen) atoms. The van der Waals surface area contributed by atoms with Crippen LogP contribution in [-0.2, 0) is 14.4 Å². The van der Waals surface area contributed by atoms with Crippen molar-refractivity contribution in [2.75, 3.05) is 26.2 Å². The molecule has 0 rings (SSSR count). The van der Waals surface area contributed by atoms with Crippen molar-refractivity contribution in [1.82, 2.24) is 0 Å². The molecule has 0 atom stereocenters. The molecule has 0 aromatic carbocycles. The van der Waals surface area contributed by atoms with Gasteiger partial charge in [0.1, 0.15) is 6.54 Å². The van der Waals surface area contributed by atoms with E-state index in [0.717, 1.165) is 12.8 Å². The Balaban J connectivity index is 4.38. The highest BCUT2D eigenvalue weighted by atomic mass is 16.4. The van der Waals surface area contributed by atoms with Gasteiger partial charge in [-0.15, -0.1) is 0 Å².